The van der Waals surface area contributed by atoms with E-state index in [-0.39, 0.29) is 0 Å². The van der Waals surface area contributed by atoms with E-state index in [0.29, 0.717) is 0 Å². The van der Waals surface area contributed by atoms with Crippen LogP contribution in [0.5, 0.6) is 0 Å². The summed E-state index contributed by atoms with van der Waals surface area (Å²) in [6.45, 7) is 7.52. The van der Waals surface area contributed by atoms with E-state index in [0.717, 1.165) is 4.91 Å². The van der Waals surface area contributed by atoms with Crippen LogP contribution in [0.15, 0.2) is 71.5 Å². The standard InChI is InChI=1S/C12H12S/c1-3-4-8-11(2)13-12-9-6-5-7-10-12/h3-10H,1-2H2/b8-4-. The molecule has 0 fully saturated rings. The second-order valence-corrected chi connectivity index (χ2v) is 3.68. The van der Waals surface area contributed by atoms with E-state index >= 15 is 0 Å². The zero-order valence-electron chi connectivity index (χ0n) is 7.44. The van der Waals surface area contributed by atoms with Gasteiger partial charge >= 0.3 is 0 Å². The zero-order valence-corrected chi connectivity index (χ0v) is 8.26. The first-order valence-electron chi connectivity index (χ1n) is 4.04. The maximum Gasteiger partial charge on any atom is 0.0122 e. The van der Waals surface area contributed by atoms with Crippen LogP contribution in [0.2, 0.25) is 0 Å². The maximum atomic E-state index is 3.92. The van der Waals surface area contributed by atoms with Crippen LogP contribution in [0, 0.1) is 0 Å². The molecule has 0 aliphatic carbocycles. The maximum absolute atomic E-state index is 3.92. The minimum absolute atomic E-state index is 1.02. The van der Waals surface area contributed by atoms with Gasteiger partial charge in [0.1, 0.15) is 0 Å². The second kappa shape index (κ2) is 5.44. The fourth-order valence-corrected chi connectivity index (χ4v) is 1.59. The number of allylic oxidation sites excluding steroid dienone is 3. The van der Waals surface area contributed by atoms with Gasteiger partial charge in [-0.3, -0.25) is 0 Å². The summed E-state index contributed by atoms with van der Waals surface area (Å²) in [5, 5.41) is 0. The Labute approximate surface area is 83.7 Å². The van der Waals surface area contributed by atoms with Crippen molar-refractivity contribution in [2.24, 2.45) is 0 Å². The lowest BCUT2D eigenvalue weighted by molar-refractivity contribution is 1.47. The molecule has 1 aromatic carbocycles. The molecule has 0 bridgehead atoms. The third kappa shape index (κ3) is 3.81. The van der Waals surface area contributed by atoms with Crippen molar-refractivity contribution >= 4 is 11.8 Å². The summed E-state index contributed by atoms with van der Waals surface area (Å²) >= 11 is 1.65. The van der Waals surface area contributed by atoms with E-state index in [1.165, 1.54) is 4.90 Å². The average Bonchev–Trinajstić information content (AvgIpc) is 2.16. The summed E-state index contributed by atoms with van der Waals surface area (Å²) in [6.07, 6.45) is 5.58. The van der Waals surface area contributed by atoms with E-state index < -0.39 is 0 Å². The lowest BCUT2D eigenvalue weighted by Crippen LogP contribution is -1.69. The first-order chi connectivity index (χ1) is 6.33. The molecule has 1 heteroatoms. The molecule has 0 unspecified atom stereocenters. The molecule has 0 amide bonds. The smallest absolute Gasteiger partial charge is 0.0122 e. The van der Waals surface area contributed by atoms with Gasteiger partial charge in [0.05, 0.1) is 0 Å². The fraction of sp³-hybridized carbons (Fsp3) is 0. The molecule has 0 atom stereocenters. The average molecular weight is 188 g/mol. The molecule has 66 valence electrons. The molecule has 0 aliphatic heterocycles. The van der Waals surface area contributed by atoms with Crippen LogP contribution in [0.25, 0.3) is 0 Å². The number of benzene rings is 1. The minimum atomic E-state index is 1.02. The molecule has 0 nitrogen and oxygen atoms in total. The topological polar surface area (TPSA) is 0 Å². The highest BCUT2D eigenvalue weighted by molar-refractivity contribution is 8.03. The van der Waals surface area contributed by atoms with Crippen LogP contribution in [-0.4, -0.2) is 0 Å². The lowest BCUT2D eigenvalue weighted by atomic mass is 10.4. The molecule has 1 rings (SSSR count). The molecular weight excluding hydrogens is 176 g/mol. The van der Waals surface area contributed by atoms with E-state index in [4.69, 9.17) is 0 Å². The van der Waals surface area contributed by atoms with E-state index in [1.807, 2.05) is 30.4 Å². The Hall–Kier alpha value is -1.21. The Bertz CT molecular complexity index is 309. The lowest BCUT2D eigenvalue weighted by Gasteiger charge is -1.98. The van der Waals surface area contributed by atoms with Crippen molar-refractivity contribution < 1.29 is 0 Å². The predicted molar refractivity (Wildman–Crippen MR) is 60.8 cm³/mol. The number of rotatable bonds is 4. The Kier molecular flexibility index (Phi) is 4.13. The van der Waals surface area contributed by atoms with Gasteiger partial charge in [0.2, 0.25) is 0 Å². The third-order valence-electron chi connectivity index (χ3n) is 1.41. The van der Waals surface area contributed by atoms with Crippen LogP contribution in [-0.2, 0) is 0 Å². The van der Waals surface area contributed by atoms with Crippen molar-refractivity contribution in [2.45, 2.75) is 4.90 Å². The Morgan fingerprint density at radius 1 is 1.23 bits per heavy atom. The summed E-state index contributed by atoms with van der Waals surface area (Å²) in [5.41, 5.74) is 0. The van der Waals surface area contributed by atoms with Gasteiger partial charge in [-0.05, 0) is 18.2 Å². The van der Waals surface area contributed by atoms with Crippen LogP contribution in [0.3, 0.4) is 0 Å². The fourth-order valence-electron chi connectivity index (χ4n) is 0.849. The van der Waals surface area contributed by atoms with Crippen molar-refractivity contribution in [1.82, 2.24) is 0 Å². The van der Waals surface area contributed by atoms with Crippen LogP contribution >= 0.6 is 11.8 Å². The highest BCUT2D eigenvalue weighted by Crippen LogP contribution is 2.25. The summed E-state index contributed by atoms with van der Waals surface area (Å²) in [7, 11) is 0. The number of hydrogen-bond acceptors (Lipinski definition) is 1. The van der Waals surface area contributed by atoms with Crippen molar-refractivity contribution in [3.05, 3.63) is 66.6 Å². The summed E-state index contributed by atoms with van der Waals surface area (Å²) in [5.74, 6) is 0. The second-order valence-electron chi connectivity index (χ2n) is 2.48. The Balaban J connectivity index is 2.55. The largest absolute Gasteiger partial charge is 0.0991 e. The van der Waals surface area contributed by atoms with Crippen LogP contribution in [0.4, 0.5) is 0 Å². The van der Waals surface area contributed by atoms with Crippen molar-refractivity contribution in [3.63, 3.8) is 0 Å². The molecule has 0 heterocycles. The molecule has 0 radical (unpaired) electrons. The SMILES string of the molecule is C=C/C=C\C(=C)Sc1ccccc1. The van der Waals surface area contributed by atoms with Gasteiger partial charge in [0.15, 0.2) is 0 Å². The molecule has 0 N–H and O–H groups in total. The van der Waals surface area contributed by atoms with Crippen molar-refractivity contribution in [2.75, 3.05) is 0 Å². The van der Waals surface area contributed by atoms with Gasteiger partial charge < -0.3 is 0 Å². The van der Waals surface area contributed by atoms with E-state index in [9.17, 15) is 0 Å². The third-order valence-corrected chi connectivity index (χ3v) is 2.32. The summed E-state index contributed by atoms with van der Waals surface area (Å²) < 4.78 is 0. The van der Waals surface area contributed by atoms with Gasteiger partial charge in [-0.2, -0.15) is 0 Å². The van der Waals surface area contributed by atoms with Crippen molar-refractivity contribution in [1.29, 1.82) is 0 Å². The first-order valence-corrected chi connectivity index (χ1v) is 4.85. The van der Waals surface area contributed by atoms with Crippen LogP contribution in [0.1, 0.15) is 0 Å². The quantitative estimate of drug-likeness (QED) is 0.507. The van der Waals surface area contributed by atoms with Crippen molar-refractivity contribution in [3.8, 4) is 0 Å². The predicted octanol–water partition coefficient (Wildman–Crippen LogP) is 4.03. The number of hydrogen-bond donors (Lipinski definition) is 0. The zero-order chi connectivity index (χ0) is 9.52. The van der Waals surface area contributed by atoms with Crippen LogP contribution < -0.4 is 0 Å². The molecular formula is C12H12S. The van der Waals surface area contributed by atoms with E-state index in [2.05, 4.69) is 25.3 Å². The van der Waals surface area contributed by atoms with E-state index in [1.54, 1.807) is 17.8 Å². The normalized spacial score (nSPS) is 10.2. The van der Waals surface area contributed by atoms with Gasteiger partial charge in [-0.25, -0.2) is 0 Å². The van der Waals surface area contributed by atoms with Gasteiger partial charge in [-0.15, -0.1) is 0 Å². The Morgan fingerprint density at radius 2 is 1.92 bits per heavy atom. The minimum Gasteiger partial charge on any atom is -0.0991 e. The first kappa shape index (κ1) is 9.87. The Morgan fingerprint density at radius 3 is 2.54 bits per heavy atom. The molecule has 13 heavy (non-hydrogen) atoms. The molecule has 0 aromatic heterocycles. The highest BCUT2D eigenvalue weighted by atomic mass is 32.2. The van der Waals surface area contributed by atoms with Gasteiger partial charge in [0.25, 0.3) is 0 Å². The summed E-state index contributed by atoms with van der Waals surface area (Å²) in [6, 6.07) is 10.2. The number of thioether (sulfide) groups is 1. The molecule has 1 aromatic rings. The van der Waals surface area contributed by atoms with Gasteiger partial charge in [0, 0.05) is 9.80 Å². The monoisotopic (exact) mass is 188 g/mol. The highest BCUT2D eigenvalue weighted by Gasteiger charge is 1.92. The summed E-state index contributed by atoms with van der Waals surface area (Å²) in [4.78, 5) is 2.23. The molecule has 0 spiro atoms. The van der Waals surface area contributed by atoms with Gasteiger partial charge in [-0.1, -0.05) is 55.3 Å². The molecule has 0 aliphatic rings. The molecule has 0 saturated carbocycles. The molecule has 0 saturated heterocycles.